The monoisotopic (exact) mass is 373 g/mol. The molecule has 0 radical (unpaired) electrons. The molecule has 7 heteroatoms. The maximum Gasteiger partial charge on any atom is 0.223 e. The van der Waals surface area contributed by atoms with Crippen LogP contribution in [0.1, 0.15) is 43.7 Å². The normalized spacial score (nSPS) is 24.4. The summed E-state index contributed by atoms with van der Waals surface area (Å²) in [6, 6.07) is 2.12. The molecule has 0 unspecified atom stereocenters. The zero-order valence-corrected chi connectivity index (χ0v) is 16.2. The third-order valence-electron chi connectivity index (χ3n) is 6.04. The number of hydrogen-bond acceptors (Lipinski definition) is 6. The molecule has 1 atom stereocenters. The van der Waals surface area contributed by atoms with Gasteiger partial charge in [-0.15, -0.1) is 0 Å². The minimum Gasteiger partial charge on any atom is -0.378 e. The molecule has 3 saturated heterocycles. The molecule has 4 rings (SSSR count). The third kappa shape index (κ3) is 4.76. The van der Waals surface area contributed by atoms with E-state index in [-0.39, 0.29) is 0 Å². The predicted octanol–water partition coefficient (Wildman–Crippen LogP) is 1.51. The van der Waals surface area contributed by atoms with Crippen LogP contribution in [-0.2, 0) is 9.53 Å². The summed E-state index contributed by atoms with van der Waals surface area (Å²) in [7, 11) is 0. The summed E-state index contributed by atoms with van der Waals surface area (Å²) >= 11 is 0. The van der Waals surface area contributed by atoms with Crippen molar-refractivity contribution in [3.63, 3.8) is 0 Å². The Morgan fingerprint density at radius 1 is 1.07 bits per heavy atom. The second kappa shape index (κ2) is 8.97. The molecule has 3 aliphatic rings. The number of carbonyl (C=O) groups is 1. The molecule has 4 heterocycles. The number of morpholine rings is 1. The first-order chi connectivity index (χ1) is 13.3. The number of nitrogens with zero attached hydrogens (tertiary/aromatic N) is 5. The van der Waals surface area contributed by atoms with Gasteiger partial charge in [0.25, 0.3) is 0 Å². The van der Waals surface area contributed by atoms with Crippen LogP contribution in [0.25, 0.3) is 0 Å². The van der Waals surface area contributed by atoms with Crippen molar-refractivity contribution in [2.75, 3.05) is 63.9 Å². The van der Waals surface area contributed by atoms with Crippen LogP contribution in [0.4, 0.5) is 5.82 Å². The Kier molecular flexibility index (Phi) is 6.19. The van der Waals surface area contributed by atoms with E-state index in [1.54, 1.807) is 6.33 Å². The maximum atomic E-state index is 12.7. The van der Waals surface area contributed by atoms with Gasteiger partial charge in [0.05, 0.1) is 18.9 Å². The Labute approximate surface area is 161 Å². The summed E-state index contributed by atoms with van der Waals surface area (Å²) in [6.45, 7) is 8.15. The minimum atomic E-state index is 0.300. The van der Waals surface area contributed by atoms with Crippen molar-refractivity contribution in [3.8, 4) is 0 Å². The van der Waals surface area contributed by atoms with Crippen molar-refractivity contribution < 1.29 is 9.53 Å². The lowest BCUT2D eigenvalue weighted by Gasteiger charge is -2.33. The van der Waals surface area contributed by atoms with Gasteiger partial charge in [0, 0.05) is 51.1 Å². The van der Waals surface area contributed by atoms with Crippen LogP contribution < -0.4 is 4.90 Å². The molecule has 0 spiro atoms. The summed E-state index contributed by atoms with van der Waals surface area (Å²) in [4.78, 5) is 28.4. The molecule has 1 aromatic rings. The van der Waals surface area contributed by atoms with Crippen molar-refractivity contribution in [3.05, 3.63) is 18.1 Å². The molecular weight excluding hydrogens is 342 g/mol. The first-order valence-electron chi connectivity index (χ1n) is 10.4. The highest BCUT2D eigenvalue weighted by molar-refractivity contribution is 5.76. The highest BCUT2D eigenvalue weighted by Crippen LogP contribution is 2.27. The van der Waals surface area contributed by atoms with Crippen LogP contribution in [0.2, 0.25) is 0 Å². The van der Waals surface area contributed by atoms with Crippen LogP contribution in [0.15, 0.2) is 12.4 Å². The molecule has 0 aromatic carbocycles. The molecule has 27 heavy (non-hydrogen) atoms. The number of ether oxygens (including phenoxy) is 1. The van der Waals surface area contributed by atoms with Gasteiger partial charge in [-0.1, -0.05) is 0 Å². The number of piperidine rings is 1. The van der Waals surface area contributed by atoms with E-state index in [4.69, 9.17) is 4.74 Å². The van der Waals surface area contributed by atoms with E-state index in [9.17, 15) is 4.79 Å². The Morgan fingerprint density at radius 3 is 2.70 bits per heavy atom. The van der Waals surface area contributed by atoms with E-state index in [0.29, 0.717) is 18.2 Å². The molecule has 0 bridgehead atoms. The Balaban J connectivity index is 1.35. The smallest absolute Gasteiger partial charge is 0.223 e. The van der Waals surface area contributed by atoms with Gasteiger partial charge in [0.1, 0.15) is 12.1 Å². The van der Waals surface area contributed by atoms with E-state index in [0.717, 1.165) is 83.4 Å². The first kappa shape index (κ1) is 18.6. The van der Waals surface area contributed by atoms with Crippen molar-refractivity contribution in [2.45, 2.75) is 38.0 Å². The van der Waals surface area contributed by atoms with E-state index >= 15 is 0 Å². The number of carbonyl (C=O) groups excluding carboxylic acids is 1. The van der Waals surface area contributed by atoms with Crippen LogP contribution in [-0.4, -0.2) is 84.7 Å². The SMILES string of the molecule is O=C(CCN1CCCC1)N1CCC[C@@H](c2cc(N3CCOCC3)ncn2)C1. The molecule has 3 aliphatic heterocycles. The molecule has 0 aliphatic carbocycles. The van der Waals surface area contributed by atoms with Gasteiger partial charge < -0.3 is 19.4 Å². The average molecular weight is 374 g/mol. The van der Waals surface area contributed by atoms with Crippen LogP contribution in [0.5, 0.6) is 0 Å². The van der Waals surface area contributed by atoms with Crippen molar-refractivity contribution in [1.29, 1.82) is 0 Å². The van der Waals surface area contributed by atoms with E-state index in [1.165, 1.54) is 12.8 Å². The summed E-state index contributed by atoms with van der Waals surface area (Å²) in [5.41, 5.74) is 1.07. The zero-order valence-electron chi connectivity index (χ0n) is 16.2. The Morgan fingerprint density at radius 2 is 1.89 bits per heavy atom. The molecule has 1 aromatic heterocycles. The number of amides is 1. The van der Waals surface area contributed by atoms with Gasteiger partial charge in [-0.05, 0) is 38.8 Å². The highest BCUT2D eigenvalue weighted by Gasteiger charge is 2.27. The third-order valence-corrected chi connectivity index (χ3v) is 6.04. The van der Waals surface area contributed by atoms with Gasteiger partial charge in [-0.2, -0.15) is 0 Å². The quantitative estimate of drug-likeness (QED) is 0.780. The summed E-state index contributed by atoms with van der Waals surface area (Å²) < 4.78 is 5.44. The lowest BCUT2D eigenvalue weighted by molar-refractivity contribution is -0.132. The molecule has 0 saturated carbocycles. The number of aromatic nitrogens is 2. The molecule has 7 nitrogen and oxygen atoms in total. The largest absolute Gasteiger partial charge is 0.378 e. The van der Waals surface area contributed by atoms with Gasteiger partial charge >= 0.3 is 0 Å². The number of hydrogen-bond donors (Lipinski definition) is 0. The second-order valence-corrected chi connectivity index (χ2v) is 7.88. The summed E-state index contributed by atoms with van der Waals surface area (Å²) in [5, 5.41) is 0. The van der Waals surface area contributed by atoms with E-state index in [1.807, 2.05) is 0 Å². The van der Waals surface area contributed by atoms with E-state index in [2.05, 4.69) is 30.7 Å². The maximum absolute atomic E-state index is 12.7. The average Bonchev–Trinajstić information content (AvgIpc) is 3.26. The topological polar surface area (TPSA) is 61.8 Å². The Hall–Kier alpha value is -1.73. The molecule has 1 amide bonds. The standard InChI is InChI=1S/C20H31N5O2/c26-20(5-9-23-6-1-2-7-23)25-8-3-4-17(15-25)18-14-19(22-16-21-18)24-10-12-27-13-11-24/h14,16-17H,1-13,15H2/t17-/m1/s1. The fraction of sp³-hybridized carbons (Fsp3) is 0.750. The lowest BCUT2D eigenvalue weighted by atomic mass is 9.94. The van der Waals surface area contributed by atoms with Crippen LogP contribution in [0, 0.1) is 0 Å². The summed E-state index contributed by atoms with van der Waals surface area (Å²) in [6.07, 6.45) is 7.02. The van der Waals surface area contributed by atoms with Crippen molar-refractivity contribution >= 4 is 11.7 Å². The fourth-order valence-corrected chi connectivity index (χ4v) is 4.41. The molecule has 3 fully saturated rings. The first-order valence-corrected chi connectivity index (χ1v) is 10.4. The minimum absolute atomic E-state index is 0.300. The second-order valence-electron chi connectivity index (χ2n) is 7.88. The van der Waals surface area contributed by atoms with Crippen LogP contribution >= 0.6 is 0 Å². The van der Waals surface area contributed by atoms with Gasteiger partial charge in [-0.25, -0.2) is 9.97 Å². The van der Waals surface area contributed by atoms with Gasteiger partial charge in [0.2, 0.25) is 5.91 Å². The molecular formula is C20H31N5O2. The number of likely N-dealkylation sites (tertiary alicyclic amines) is 2. The van der Waals surface area contributed by atoms with E-state index < -0.39 is 0 Å². The molecule has 148 valence electrons. The lowest BCUT2D eigenvalue weighted by Crippen LogP contribution is -2.40. The zero-order chi connectivity index (χ0) is 18.5. The number of rotatable bonds is 5. The van der Waals surface area contributed by atoms with Gasteiger partial charge in [0.15, 0.2) is 0 Å². The fourth-order valence-electron chi connectivity index (χ4n) is 4.41. The predicted molar refractivity (Wildman–Crippen MR) is 104 cm³/mol. The number of anilines is 1. The van der Waals surface area contributed by atoms with Crippen molar-refractivity contribution in [2.24, 2.45) is 0 Å². The Bertz CT molecular complexity index is 629. The van der Waals surface area contributed by atoms with Crippen LogP contribution in [0.3, 0.4) is 0 Å². The highest BCUT2D eigenvalue weighted by atomic mass is 16.5. The molecule has 0 N–H and O–H groups in total. The summed E-state index contributed by atoms with van der Waals surface area (Å²) in [5.74, 6) is 1.60. The van der Waals surface area contributed by atoms with Gasteiger partial charge in [-0.3, -0.25) is 4.79 Å². The van der Waals surface area contributed by atoms with Crippen molar-refractivity contribution in [1.82, 2.24) is 19.8 Å².